The molecule has 70 valence electrons. The van der Waals surface area contributed by atoms with Crippen molar-refractivity contribution in [1.82, 2.24) is 4.98 Å². The van der Waals surface area contributed by atoms with Crippen LogP contribution < -0.4 is 5.56 Å². The van der Waals surface area contributed by atoms with Crippen LogP contribution in [0.2, 0.25) is 5.02 Å². The van der Waals surface area contributed by atoms with Gasteiger partial charge in [-0.15, -0.1) is 0 Å². The lowest BCUT2D eigenvalue weighted by Crippen LogP contribution is -2.06. The number of hydrogen-bond donors (Lipinski definition) is 1. The first-order chi connectivity index (χ1) is 6.72. The number of pyridine rings is 1. The Hall–Kier alpha value is -1.61. The topological polar surface area (TPSA) is 49.9 Å². The molecule has 0 aliphatic rings. The fraction of sp³-hybridized carbons (Fsp3) is 0. The molecule has 0 aliphatic carbocycles. The second-order valence-electron chi connectivity index (χ2n) is 2.88. The van der Waals surface area contributed by atoms with Crippen molar-refractivity contribution >= 4 is 28.7 Å². The Labute approximate surface area is 84.3 Å². The van der Waals surface area contributed by atoms with Crippen molar-refractivity contribution in [1.29, 1.82) is 0 Å². The van der Waals surface area contributed by atoms with E-state index >= 15 is 0 Å². The van der Waals surface area contributed by atoms with Gasteiger partial charge < -0.3 is 4.98 Å². The number of aromatic nitrogens is 1. The van der Waals surface area contributed by atoms with E-state index in [0.29, 0.717) is 27.6 Å². The van der Waals surface area contributed by atoms with Gasteiger partial charge in [-0.05, 0) is 17.5 Å². The van der Waals surface area contributed by atoms with Crippen molar-refractivity contribution < 1.29 is 4.79 Å². The third kappa shape index (κ3) is 1.32. The van der Waals surface area contributed by atoms with Crippen LogP contribution in [-0.4, -0.2) is 11.3 Å². The number of aldehydes is 1. The van der Waals surface area contributed by atoms with E-state index in [4.69, 9.17) is 11.6 Å². The maximum Gasteiger partial charge on any atom is 0.255 e. The summed E-state index contributed by atoms with van der Waals surface area (Å²) in [4.78, 5) is 24.5. The number of aromatic amines is 1. The van der Waals surface area contributed by atoms with Crippen LogP contribution in [0.25, 0.3) is 10.8 Å². The van der Waals surface area contributed by atoms with Crippen molar-refractivity contribution in [3.05, 3.63) is 45.3 Å². The Kier molecular flexibility index (Phi) is 2.09. The Morgan fingerprint density at radius 2 is 2.07 bits per heavy atom. The number of fused-ring (bicyclic) bond motifs is 1. The number of carbonyl (C=O) groups excluding carboxylic acids is 1. The van der Waals surface area contributed by atoms with Crippen LogP contribution in [0.15, 0.2) is 29.2 Å². The third-order valence-electron chi connectivity index (χ3n) is 2.02. The summed E-state index contributed by atoms with van der Waals surface area (Å²) >= 11 is 5.75. The molecule has 0 atom stereocenters. The van der Waals surface area contributed by atoms with E-state index in [-0.39, 0.29) is 5.56 Å². The maximum atomic E-state index is 11.4. The molecule has 3 nitrogen and oxygen atoms in total. The highest BCUT2D eigenvalue weighted by atomic mass is 35.5. The van der Waals surface area contributed by atoms with Crippen LogP contribution in [0.3, 0.4) is 0 Å². The van der Waals surface area contributed by atoms with Gasteiger partial charge in [0.25, 0.3) is 5.56 Å². The zero-order valence-electron chi connectivity index (χ0n) is 7.08. The van der Waals surface area contributed by atoms with Gasteiger partial charge in [-0.25, -0.2) is 0 Å². The van der Waals surface area contributed by atoms with Crippen molar-refractivity contribution in [2.75, 3.05) is 0 Å². The normalized spacial score (nSPS) is 10.4. The van der Waals surface area contributed by atoms with Gasteiger partial charge >= 0.3 is 0 Å². The van der Waals surface area contributed by atoms with Gasteiger partial charge in [0.15, 0.2) is 6.29 Å². The maximum absolute atomic E-state index is 11.4. The van der Waals surface area contributed by atoms with Crippen LogP contribution in [0, 0.1) is 0 Å². The minimum atomic E-state index is -0.242. The first-order valence-electron chi connectivity index (χ1n) is 3.98. The van der Waals surface area contributed by atoms with Gasteiger partial charge in [-0.3, -0.25) is 9.59 Å². The summed E-state index contributed by atoms with van der Waals surface area (Å²) in [5.41, 5.74) is 0.212. The van der Waals surface area contributed by atoms with Gasteiger partial charge in [0.05, 0.1) is 0 Å². The van der Waals surface area contributed by atoms with Crippen LogP contribution >= 0.6 is 11.6 Å². The van der Waals surface area contributed by atoms with E-state index < -0.39 is 0 Å². The molecule has 0 spiro atoms. The number of rotatable bonds is 1. The molecule has 0 fully saturated rings. The van der Waals surface area contributed by atoms with E-state index in [9.17, 15) is 9.59 Å². The van der Waals surface area contributed by atoms with Gasteiger partial charge in [0.1, 0.15) is 0 Å². The number of halogens is 1. The minimum absolute atomic E-state index is 0.242. The standard InChI is InChI=1S/C10H6ClNO2/c11-7-1-2-8-6(5-13)4-12-10(14)9(8)3-7/h1-5H,(H,12,14). The molecule has 0 bridgehead atoms. The Morgan fingerprint density at radius 1 is 1.29 bits per heavy atom. The van der Waals surface area contributed by atoms with E-state index in [1.807, 2.05) is 0 Å². The average molecular weight is 208 g/mol. The molecular formula is C10H6ClNO2. The van der Waals surface area contributed by atoms with E-state index in [2.05, 4.69) is 4.98 Å². The summed E-state index contributed by atoms with van der Waals surface area (Å²) in [5, 5.41) is 1.53. The third-order valence-corrected chi connectivity index (χ3v) is 2.26. The second kappa shape index (κ2) is 3.27. The molecule has 0 amide bonds. The van der Waals surface area contributed by atoms with E-state index in [1.165, 1.54) is 6.20 Å². The zero-order valence-corrected chi connectivity index (χ0v) is 7.84. The van der Waals surface area contributed by atoms with Crippen molar-refractivity contribution in [2.45, 2.75) is 0 Å². The first kappa shape index (κ1) is 8.97. The van der Waals surface area contributed by atoms with Crippen LogP contribution in [0.4, 0.5) is 0 Å². The molecule has 0 unspecified atom stereocenters. The van der Waals surface area contributed by atoms with Gasteiger partial charge in [-0.1, -0.05) is 17.7 Å². The lowest BCUT2D eigenvalue weighted by atomic mass is 10.1. The predicted octanol–water partition coefficient (Wildman–Crippen LogP) is 1.99. The van der Waals surface area contributed by atoms with Gasteiger partial charge in [0.2, 0.25) is 0 Å². The SMILES string of the molecule is O=Cc1c[nH]c(=O)c2cc(Cl)ccc12. The monoisotopic (exact) mass is 207 g/mol. The number of nitrogens with one attached hydrogen (secondary N) is 1. The number of benzene rings is 1. The molecule has 1 N–H and O–H groups in total. The molecule has 0 aliphatic heterocycles. The average Bonchev–Trinajstić information content (AvgIpc) is 2.19. The van der Waals surface area contributed by atoms with Gasteiger partial charge in [0, 0.05) is 22.2 Å². The van der Waals surface area contributed by atoms with E-state index in [0.717, 1.165) is 0 Å². The van der Waals surface area contributed by atoms with Crippen molar-refractivity contribution in [3.63, 3.8) is 0 Å². The van der Waals surface area contributed by atoms with Crippen molar-refractivity contribution in [3.8, 4) is 0 Å². The molecule has 0 radical (unpaired) electrons. The quantitative estimate of drug-likeness (QED) is 0.727. The van der Waals surface area contributed by atoms with Gasteiger partial charge in [-0.2, -0.15) is 0 Å². The molecule has 1 heterocycles. The highest BCUT2D eigenvalue weighted by Gasteiger charge is 2.03. The fourth-order valence-electron chi connectivity index (χ4n) is 1.35. The second-order valence-corrected chi connectivity index (χ2v) is 3.32. The summed E-state index contributed by atoms with van der Waals surface area (Å²) in [6.07, 6.45) is 2.09. The molecule has 0 saturated carbocycles. The highest BCUT2D eigenvalue weighted by Crippen LogP contribution is 2.17. The lowest BCUT2D eigenvalue weighted by molar-refractivity contribution is 0.112. The Morgan fingerprint density at radius 3 is 2.79 bits per heavy atom. The molecular weight excluding hydrogens is 202 g/mol. The molecule has 2 aromatic rings. The Balaban J connectivity index is 2.98. The molecule has 1 aromatic carbocycles. The molecule has 0 saturated heterocycles. The molecule has 2 rings (SSSR count). The van der Waals surface area contributed by atoms with E-state index in [1.54, 1.807) is 18.2 Å². The minimum Gasteiger partial charge on any atom is -0.328 e. The van der Waals surface area contributed by atoms with Crippen molar-refractivity contribution in [2.24, 2.45) is 0 Å². The Bertz CT molecular complexity index is 560. The summed E-state index contributed by atoms with van der Waals surface area (Å²) in [6.45, 7) is 0. The number of H-pyrrole nitrogens is 1. The summed E-state index contributed by atoms with van der Waals surface area (Å²) in [5.74, 6) is 0. The zero-order chi connectivity index (χ0) is 10.1. The smallest absolute Gasteiger partial charge is 0.255 e. The molecule has 1 aromatic heterocycles. The fourth-order valence-corrected chi connectivity index (χ4v) is 1.52. The summed E-state index contributed by atoms with van der Waals surface area (Å²) < 4.78 is 0. The largest absolute Gasteiger partial charge is 0.328 e. The molecule has 4 heteroatoms. The number of carbonyl (C=O) groups is 1. The first-order valence-corrected chi connectivity index (χ1v) is 4.36. The number of hydrogen-bond acceptors (Lipinski definition) is 2. The highest BCUT2D eigenvalue weighted by molar-refractivity contribution is 6.31. The summed E-state index contributed by atoms with van der Waals surface area (Å²) in [6, 6.07) is 4.86. The van der Waals surface area contributed by atoms with Crippen LogP contribution in [-0.2, 0) is 0 Å². The summed E-state index contributed by atoms with van der Waals surface area (Å²) in [7, 11) is 0. The van der Waals surface area contributed by atoms with Crippen LogP contribution in [0.5, 0.6) is 0 Å². The van der Waals surface area contributed by atoms with Crippen LogP contribution in [0.1, 0.15) is 10.4 Å². The molecule has 14 heavy (non-hydrogen) atoms. The lowest BCUT2D eigenvalue weighted by Gasteiger charge is -1.99. The predicted molar refractivity (Wildman–Crippen MR) is 55.0 cm³/mol.